The Kier molecular flexibility index (Phi) is 6.76. The third-order valence-corrected chi connectivity index (χ3v) is 2.08. The van der Waals surface area contributed by atoms with E-state index in [9.17, 15) is 0 Å². The van der Waals surface area contributed by atoms with Crippen LogP contribution >= 0.6 is 0 Å². The SMILES string of the molecule is CC(C)COCCOCCn1cc(CN)nn1. The van der Waals surface area contributed by atoms with E-state index in [1.54, 1.807) is 4.68 Å². The summed E-state index contributed by atoms with van der Waals surface area (Å²) in [5, 5.41) is 7.81. The van der Waals surface area contributed by atoms with Gasteiger partial charge in [0.05, 0.1) is 32.1 Å². The second-order valence-electron chi connectivity index (χ2n) is 4.26. The summed E-state index contributed by atoms with van der Waals surface area (Å²) < 4.78 is 12.5. The third-order valence-electron chi connectivity index (χ3n) is 2.08. The van der Waals surface area contributed by atoms with Gasteiger partial charge in [-0.1, -0.05) is 19.1 Å². The monoisotopic (exact) mass is 242 g/mol. The second-order valence-corrected chi connectivity index (χ2v) is 4.26. The summed E-state index contributed by atoms with van der Waals surface area (Å²) in [6, 6.07) is 0. The summed E-state index contributed by atoms with van der Waals surface area (Å²) in [7, 11) is 0. The van der Waals surface area contributed by atoms with Gasteiger partial charge in [0.15, 0.2) is 0 Å². The standard InChI is InChI=1S/C11H22N4O2/c1-10(2)9-17-6-5-16-4-3-15-8-11(7-12)13-14-15/h8,10H,3-7,9,12H2,1-2H3. The van der Waals surface area contributed by atoms with E-state index in [-0.39, 0.29) is 0 Å². The van der Waals surface area contributed by atoms with E-state index >= 15 is 0 Å². The Morgan fingerprint density at radius 3 is 2.71 bits per heavy atom. The smallest absolute Gasteiger partial charge is 0.0962 e. The number of ether oxygens (including phenoxy) is 2. The van der Waals surface area contributed by atoms with E-state index in [1.807, 2.05) is 6.20 Å². The number of nitrogens with two attached hydrogens (primary N) is 1. The fraction of sp³-hybridized carbons (Fsp3) is 0.818. The Bertz CT molecular complexity index is 301. The summed E-state index contributed by atoms with van der Waals surface area (Å²) in [6.45, 7) is 8.02. The van der Waals surface area contributed by atoms with E-state index in [0.717, 1.165) is 12.3 Å². The fourth-order valence-corrected chi connectivity index (χ4v) is 1.24. The lowest BCUT2D eigenvalue weighted by Gasteiger charge is -2.07. The molecular weight excluding hydrogens is 220 g/mol. The second kappa shape index (κ2) is 8.16. The Labute approximate surface area is 102 Å². The minimum Gasteiger partial charge on any atom is -0.379 e. The lowest BCUT2D eigenvalue weighted by atomic mass is 10.2. The predicted molar refractivity (Wildman–Crippen MR) is 64.4 cm³/mol. The third kappa shape index (κ3) is 6.35. The van der Waals surface area contributed by atoms with Crippen LogP contribution in [0.1, 0.15) is 19.5 Å². The maximum Gasteiger partial charge on any atom is 0.0962 e. The molecule has 6 heteroatoms. The van der Waals surface area contributed by atoms with Crippen LogP contribution < -0.4 is 5.73 Å². The molecule has 0 amide bonds. The van der Waals surface area contributed by atoms with Gasteiger partial charge in [-0.05, 0) is 5.92 Å². The number of aromatic nitrogens is 3. The van der Waals surface area contributed by atoms with Crippen molar-refractivity contribution in [1.29, 1.82) is 0 Å². The number of nitrogens with zero attached hydrogens (tertiary/aromatic N) is 3. The molecule has 1 rings (SSSR count). The molecule has 1 heterocycles. The molecule has 6 nitrogen and oxygen atoms in total. The van der Waals surface area contributed by atoms with Crippen LogP contribution in [0.15, 0.2) is 6.20 Å². The average Bonchev–Trinajstić information content (AvgIpc) is 2.75. The van der Waals surface area contributed by atoms with Gasteiger partial charge >= 0.3 is 0 Å². The molecule has 0 atom stereocenters. The number of hydrogen-bond donors (Lipinski definition) is 1. The van der Waals surface area contributed by atoms with Crippen molar-refractivity contribution >= 4 is 0 Å². The first-order chi connectivity index (χ1) is 8.22. The van der Waals surface area contributed by atoms with Crippen molar-refractivity contribution < 1.29 is 9.47 Å². The van der Waals surface area contributed by atoms with Crippen LogP contribution in [-0.4, -0.2) is 41.4 Å². The Morgan fingerprint density at radius 2 is 2.06 bits per heavy atom. The molecule has 0 bridgehead atoms. The number of rotatable bonds is 9. The van der Waals surface area contributed by atoms with Crippen LogP contribution in [0.25, 0.3) is 0 Å². The van der Waals surface area contributed by atoms with Crippen molar-refractivity contribution in [2.45, 2.75) is 26.9 Å². The van der Waals surface area contributed by atoms with E-state index in [2.05, 4.69) is 24.2 Å². The molecule has 0 fully saturated rings. The molecule has 0 saturated carbocycles. The molecule has 0 spiro atoms. The van der Waals surface area contributed by atoms with Crippen LogP contribution in [0, 0.1) is 5.92 Å². The van der Waals surface area contributed by atoms with Gasteiger partial charge in [-0.3, -0.25) is 0 Å². The maximum absolute atomic E-state index is 5.43. The molecule has 0 radical (unpaired) electrons. The molecule has 2 N–H and O–H groups in total. The van der Waals surface area contributed by atoms with Crippen molar-refractivity contribution in [2.24, 2.45) is 11.7 Å². The summed E-state index contributed by atoms with van der Waals surface area (Å²) in [5.74, 6) is 0.569. The molecule has 1 aromatic rings. The highest BCUT2D eigenvalue weighted by Gasteiger charge is 1.98. The zero-order chi connectivity index (χ0) is 12.5. The molecule has 0 aliphatic rings. The Morgan fingerprint density at radius 1 is 1.29 bits per heavy atom. The Balaban J connectivity index is 1.97. The van der Waals surface area contributed by atoms with Gasteiger partial charge in [0.25, 0.3) is 0 Å². The van der Waals surface area contributed by atoms with Crippen LogP contribution in [-0.2, 0) is 22.6 Å². The lowest BCUT2D eigenvalue weighted by Crippen LogP contribution is -2.12. The van der Waals surface area contributed by atoms with Crippen LogP contribution in [0.2, 0.25) is 0 Å². The molecular formula is C11H22N4O2. The largest absolute Gasteiger partial charge is 0.379 e. The molecule has 0 aliphatic heterocycles. The first-order valence-corrected chi connectivity index (χ1v) is 5.97. The topological polar surface area (TPSA) is 75.2 Å². The van der Waals surface area contributed by atoms with E-state index < -0.39 is 0 Å². The number of hydrogen-bond acceptors (Lipinski definition) is 5. The molecule has 98 valence electrons. The zero-order valence-electron chi connectivity index (χ0n) is 10.6. The van der Waals surface area contributed by atoms with Crippen molar-refractivity contribution in [2.75, 3.05) is 26.4 Å². The molecule has 0 unspecified atom stereocenters. The highest BCUT2D eigenvalue weighted by Crippen LogP contribution is 1.93. The van der Waals surface area contributed by atoms with E-state index in [1.165, 1.54) is 0 Å². The van der Waals surface area contributed by atoms with Gasteiger partial charge in [0, 0.05) is 19.3 Å². The van der Waals surface area contributed by atoms with Gasteiger partial charge in [-0.25, -0.2) is 4.68 Å². The summed E-state index contributed by atoms with van der Waals surface area (Å²) in [5.41, 5.74) is 6.23. The zero-order valence-corrected chi connectivity index (χ0v) is 10.6. The van der Waals surface area contributed by atoms with Gasteiger partial charge in [-0.15, -0.1) is 5.10 Å². The van der Waals surface area contributed by atoms with E-state index in [4.69, 9.17) is 15.2 Å². The van der Waals surface area contributed by atoms with Crippen molar-refractivity contribution in [3.63, 3.8) is 0 Å². The minimum absolute atomic E-state index is 0.421. The van der Waals surface area contributed by atoms with Crippen molar-refractivity contribution in [3.8, 4) is 0 Å². The maximum atomic E-state index is 5.43. The molecule has 1 aromatic heterocycles. The first-order valence-electron chi connectivity index (χ1n) is 5.97. The summed E-state index contributed by atoms with van der Waals surface area (Å²) in [6.07, 6.45) is 1.83. The van der Waals surface area contributed by atoms with Crippen molar-refractivity contribution in [1.82, 2.24) is 15.0 Å². The molecule has 0 aromatic carbocycles. The van der Waals surface area contributed by atoms with Crippen molar-refractivity contribution in [3.05, 3.63) is 11.9 Å². The van der Waals surface area contributed by atoms with Gasteiger partial charge in [0.2, 0.25) is 0 Å². The normalized spacial score (nSPS) is 11.3. The minimum atomic E-state index is 0.421. The van der Waals surface area contributed by atoms with Gasteiger partial charge in [0.1, 0.15) is 0 Å². The summed E-state index contributed by atoms with van der Waals surface area (Å²) in [4.78, 5) is 0. The van der Waals surface area contributed by atoms with Gasteiger partial charge < -0.3 is 15.2 Å². The molecule has 0 aliphatic carbocycles. The quantitative estimate of drug-likeness (QED) is 0.635. The first kappa shape index (κ1) is 14.1. The molecule has 0 saturated heterocycles. The predicted octanol–water partition coefficient (Wildman–Crippen LogP) is 0.426. The molecule has 17 heavy (non-hydrogen) atoms. The highest BCUT2D eigenvalue weighted by atomic mass is 16.5. The Hall–Kier alpha value is -0.980. The van der Waals surface area contributed by atoms with Crippen LogP contribution in [0.5, 0.6) is 0 Å². The van der Waals surface area contributed by atoms with Crippen LogP contribution in [0.4, 0.5) is 0 Å². The fourth-order valence-electron chi connectivity index (χ4n) is 1.24. The lowest BCUT2D eigenvalue weighted by molar-refractivity contribution is 0.0345. The van der Waals surface area contributed by atoms with E-state index in [0.29, 0.717) is 38.8 Å². The van der Waals surface area contributed by atoms with Gasteiger partial charge in [-0.2, -0.15) is 0 Å². The van der Waals surface area contributed by atoms with Crippen LogP contribution in [0.3, 0.4) is 0 Å². The average molecular weight is 242 g/mol. The highest BCUT2D eigenvalue weighted by molar-refractivity contribution is 4.90. The summed E-state index contributed by atoms with van der Waals surface area (Å²) >= 11 is 0.